The van der Waals surface area contributed by atoms with Crippen LogP contribution in [0.5, 0.6) is 0 Å². The number of piperidine rings is 1. The number of benzene rings is 1. The number of aromatic nitrogens is 2. The van der Waals surface area contributed by atoms with E-state index in [9.17, 15) is 4.79 Å². The third-order valence-corrected chi connectivity index (χ3v) is 7.07. The van der Waals surface area contributed by atoms with Gasteiger partial charge in [-0.2, -0.15) is 10.4 Å². The van der Waals surface area contributed by atoms with Crippen LogP contribution in [0.1, 0.15) is 60.5 Å². The van der Waals surface area contributed by atoms with Crippen molar-refractivity contribution >= 4 is 5.91 Å². The number of methoxy groups -OCH3 is 1. The van der Waals surface area contributed by atoms with Gasteiger partial charge in [0.05, 0.1) is 25.6 Å². The molecule has 2 atom stereocenters. The minimum atomic E-state index is -0.00643. The molecule has 4 rings (SSSR count). The smallest absolute Gasteiger partial charge is 0.274 e. The molecule has 1 aliphatic carbocycles. The molecule has 1 saturated heterocycles. The van der Waals surface area contributed by atoms with Gasteiger partial charge in [0.2, 0.25) is 0 Å². The first kappa shape index (κ1) is 21.6. The Hall–Kier alpha value is -2.65. The highest BCUT2D eigenvalue weighted by Crippen LogP contribution is 2.52. The van der Waals surface area contributed by atoms with Gasteiger partial charge >= 0.3 is 0 Å². The van der Waals surface area contributed by atoms with Crippen LogP contribution in [0.3, 0.4) is 0 Å². The number of nitrogens with zero attached hydrogens (tertiary/aromatic N) is 4. The molecule has 1 aromatic heterocycles. The summed E-state index contributed by atoms with van der Waals surface area (Å²) in [5.74, 6) is 1.50. The fraction of sp³-hybridized carbons (Fsp3) is 0.560. The van der Waals surface area contributed by atoms with Gasteiger partial charge in [0.15, 0.2) is 0 Å². The van der Waals surface area contributed by atoms with Crippen LogP contribution in [0, 0.1) is 22.7 Å². The van der Waals surface area contributed by atoms with Crippen molar-refractivity contribution in [3.63, 3.8) is 0 Å². The number of hydrogen-bond acceptors (Lipinski definition) is 4. The summed E-state index contributed by atoms with van der Waals surface area (Å²) in [7, 11) is 1.79. The standard InChI is InChI=1S/C25H32N4O2/c1-31-19-25(10-8-21-18-22(21)20-6-3-2-4-7-20)11-16-28(17-12-25)24(30)23-9-15-29(27-23)14-5-13-26/h2-4,6-7,9,15,21-22H,5,8,10-12,14,16-19H2,1H3/t21-,22?/m1/s1. The molecule has 0 spiro atoms. The molecule has 1 aromatic carbocycles. The second-order valence-electron chi connectivity index (χ2n) is 9.15. The summed E-state index contributed by atoms with van der Waals surface area (Å²) in [5, 5.41) is 13.1. The Morgan fingerprint density at radius 3 is 2.74 bits per heavy atom. The van der Waals surface area contributed by atoms with Crippen molar-refractivity contribution in [2.45, 2.75) is 51.0 Å². The summed E-state index contributed by atoms with van der Waals surface area (Å²) in [4.78, 5) is 14.8. The molecule has 2 heterocycles. The Balaban J connectivity index is 1.29. The highest BCUT2D eigenvalue weighted by molar-refractivity contribution is 5.92. The third kappa shape index (κ3) is 5.16. The molecule has 31 heavy (non-hydrogen) atoms. The molecule has 0 radical (unpaired) electrons. The third-order valence-electron chi connectivity index (χ3n) is 7.07. The summed E-state index contributed by atoms with van der Waals surface area (Å²) >= 11 is 0. The maximum Gasteiger partial charge on any atom is 0.274 e. The Kier molecular flexibility index (Phi) is 6.72. The first-order valence-corrected chi connectivity index (χ1v) is 11.4. The van der Waals surface area contributed by atoms with Crippen LogP contribution in [0.2, 0.25) is 0 Å². The topological polar surface area (TPSA) is 71.2 Å². The lowest BCUT2D eigenvalue weighted by Crippen LogP contribution is -2.45. The number of carbonyl (C=O) groups excluding carboxylic acids is 1. The molecule has 1 aliphatic heterocycles. The van der Waals surface area contributed by atoms with Gasteiger partial charge in [-0.3, -0.25) is 9.48 Å². The first-order valence-electron chi connectivity index (χ1n) is 11.4. The van der Waals surface area contributed by atoms with Crippen molar-refractivity contribution in [3.05, 3.63) is 53.9 Å². The van der Waals surface area contributed by atoms with E-state index in [1.165, 1.54) is 24.8 Å². The summed E-state index contributed by atoms with van der Waals surface area (Å²) in [6.45, 7) is 2.78. The number of amides is 1. The number of nitriles is 1. The average molecular weight is 421 g/mol. The quantitative estimate of drug-likeness (QED) is 0.608. The molecule has 6 nitrogen and oxygen atoms in total. The van der Waals surface area contributed by atoms with Gasteiger partial charge in [0, 0.05) is 26.4 Å². The number of rotatable bonds is 9. The predicted octanol–water partition coefficient (Wildman–Crippen LogP) is 4.25. The lowest BCUT2D eigenvalue weighted by Gasteiger charge is -2.41. The van der Waals surface area contributed by atoms with Crippen molar-refractivity contribution in [3.8, 4) is 6.07 Å². The largest absolute Gasteiger partial charge is 0.384 e. The zero-order chi connectivity index (χ0) is 21.7. The van der Waals surface area contributed by atoms with Crippen LogP contribution in [-0.4, -0.2) is 47.4 Å². The van der Waals surface area contributed by atoms with E-state index >= 15 is 0 Å². The van der Waals surface area contributed by atoms with E-state index in [-0.39, 0.29) is 11.3 Å². The molecule has 1 unspecified atom stereocenters. The second kappa shape index (κ2) is 9.65. The predicted molar refractivity (Wildman–Crippen MR) is 118 cm³/mol. The van der Waals surface area contributed by atoms with Gasteiger partial charge in [-0.15, -0.1) is 0 Å². The Bertz CT molecular complexity index is 909. The van der Waals surface area contributed by atoms with E-state index in [4.69, 9.17) is 10.00 Å². The van der Waals surface area contributed by atoms with E-state index in [1.54, 1.807) is 24.1 Å². The Labute approximate surface area is 184 Å². The molecule has 1 saturated carbocycles. The highest BCUT2D eigenvalue weighted by Gasteiger charge is 2.42. The van der Waals surface area contributed by atoms with E-state index in [0.29, 0.717) is 18.7 Å². The van der Waals surface area contributed by atoms with Gasteiger partial charge in [-0.05, 0) is 61.0 Å². The first-order chi connectivity index (χ1) is 15.1. The molecule has 0 bridgehead atoms. The lowest BCUT2D eigenvalue weighted by atomic mass is 9.74. The molecule has 1 amide bonds. The summed E-state index contributed by atoms with van der Waals surface area (Å²) in [6.07, 6.45) is 7.83. The SMILES string of the molecule is COCC1(CC[C@@H]2CC2c2ccccc2)CCN(C(=O)c2ccn(CCC#N)n2)CC1. The average Bonchev–Trinajstić information content (AvgIpc) is 3.44. The van der Waals surface area contributed by atoms with Gasteiger partial charge in [0.1, 0.15) is 5.69 Å². The van der Waals surface area contributed by atoms with Crippen molar-refractivity contribution in [2.24, 2.45) is 11.3 Å². The van der Waals surface area contributed by atoms with Gasteiger partial charge in [-0.1, -0.05) is 30.3 Å². The summed E-state index contributed by atoms with van der Waals surface area (Å²) < 4.78 is 7.30. The molecule has 2 fully saturated rings. The minimum absolute atomic E-state index is 0.00643. The lowest BCUT2D eigenvalue weighted by molar-refractivity contribution is 0.0131. The number of hydrogen-bond donors (Lipinski definition) is 0. The highest BCUT2D eigenvalue weighted by atomic mass is 16.5. The van der Waals surface area contributed by atoms with Crippen molar-refractivity contribution in [1.29, 1.82) is 5.26 Å². The monoisotopic (exact) mass is 420 g/mol. The van der Waals surface area contributed by atoms with Crippen LogP contribution in [0.25, 0.3) is 0 Å². The second-order valence-corrected chi connectivity index (χ2v) is 9.15. The van der Waals surface area contributed by atoms with Gasteiger partial charge in [-0.25, -0.2) is 0 Å². The Morgan fingerprint density at radius 2 is 2.03 bits per heavy atom. The van der Waals surface area contributed by atoms with Crippen molar-refractivity contribution < 1.29 is 9.53 Å². The normalized spacial score (nSPS) is 22.1. The molecule has 0 N–H and O–H groups in total. The maximum atomic E-state index is 12.9. The number of aryl methyl sites for hydroxylation is 1. The van der Waals surface area contributed by atoms with Gasteiger partial charge < -0.3 is 9.64 Å². The van der Waals surface area contributed by atoms with Gasteiger partial charge in [0.25, 0.3) is 5.91 Å². The van der Waals surface area contributed by atoms with Crippen LogP contribution >= 0.6 is 0 Å². The molecule has 2 aromatic rings. The van der Waals surface area contributed by atoms with E-state index in [0.717, 1.165) is 44.4 Å². The van der Waals surface area contributed by atoms with Crippen LogP contribution < -0.4 is 0 Å². The molecule has 164 valence electrons. The fourth-order valence-corrected chi connectivity index (χ4v) is 5.05. The van der Waals surface area contributed by atoms with E-state index in [1.807, 2.05) is 4.90 Å². The molecular weight excluding hydrogens is 388 g/mol. The Morgan fingerprint density at radius 1 is 1.26 bits per heavy atom. The van der Waals surface area contributed by atoms with Crippen LogP contribution in [0.4, 0.5) is 0 Å². The molecule has 2 aliphatic rings. The number of ether oxygens (including phenoxy) is 1. The minimum Gasteiger partial charge on any atom is -0.384 e. The summed E-state index contributed by atoms with van der Waals surface area (Å²) in [6, 6.07) is 14.7. The molecular formula is C25H32N4O2. The van der Waals surface area contributed by atoms with Crippen LogP contribution in [-0.2, 0) is 11.3 Å². The zero-order valence-corrected chi connectivity index (χ0v) is 18.4. The number of likely N-dealkylation sites (tertiary alicyclic amines) is 1. The van der Waals surface area contributed by atoms with E-state index in [2.05, 4.69) is 41.5 Å². The van der Waals surface area contributed by atoms with Crippen molar-refractivity contribution in [1.82, 2.24) is 14.7 Å². The maximum absolute atomic E-state index is 12.9. The molecule has 6 heteroatoms. The van der Waals surface area contributed by atoms with Crippen molar-refractivity contribution in [2.75, 3.05) is 26.8 Å². The van der Waals surface area contributed by atoms with E-state index < -0.39 is 0 Å². The number of carbonyl (C=O) groups is 1. The fourth-order valence-electron chi connectivity index (χ4n) is 5.05. The zero-order valence-electron chi connectivity index (χ0n) is 18.4. The van der Waals surface area contributed by atoms with Crippen LogP contribution in [0.15, 0.2) is 42.6 Å². The summed E-state index contributed by atoms with van der Waals surface area (Å²) in [5.41, 5.74) is 2.12.